The van der Waals surface area contributed by atoms with Gasteiger partial charge in [0.05, 0.1) is 13.2 Å². The lowest BCUT2D eigenvalue weighted by Gasteiger charge is -2.10. The Morgan fingerprint density at radius 1 is 1.26 bits per heavy atom. The van der Waals surface area contributed by atoms with Crippen LogP contribution < -0.4 is 10.1 Å². The highest BCUT2D eigenvalue weighted by molar-refractivity contribution is 5.33. The van der Waals surface area contributed by atoms with Crippen molar-refractivity contribution in [3.8, 4) is 18.1 Å². The van der Waals surface area contributed by atoms with Crippen molar-refractivity contribution >= 4 is 0 Å². The molecular weight excluding hydrogens is 242 g/mol. The standard InChI is InChI=1S/C15H21NO3/c1-2-10-19-15-7-4-3-6-14(15)13-16-8-5-11-18-12-9-17/h1,3-4,6-7,16-17H,5,8-13H2. The van der Waals surface area contributed by atoms with Gasteiger partial charge in [-0.25, -0.2) is 0 Å². The summed E-state index contributed by atoms with van der Waals surface area (Å²) < 4.78 is 10.6. The van der Waals surface area contributed by atoms with Gasteiger partial charge in [0.25, 0.3) is 0 Å². The van der Waals surface area contributed by atoms with Crippen LogP contribution in [0.1, 0.15) is 12.0 Å². The van der Waals surface area contributed by atoms with Gasteiger partial charge in [-0.3, -0.25) is 0 Å². The Bertz CT molecular complexity index is 387. The first-order chi connectivity index (χ1) is 9.38. The lowest BCUT2D eigenvalue weighted by atomic mass is 10.2. The number of hydrogen-bond donors (Lipinski definition) is 2. The zero-order valence-corrected chi connectivity index (χ0v) is 11.1. The van der Waals surface area contributed by atoms with Crippen molar-refractivity contribution in [2.45, 2.75) is 13.0 Å². The van der Waals surface area contributed by atoms with E-state index in [0.29, 0.717) is 13.2 Å². The molecular formula is C15H21NO3. The second kappa shape index (κ2) is 10.4. The van der Waals surface area contributed by atoms with E-state index in [1.807, 2.05) is 24.3 Å². The quantitative estimate of drug-likeness (QED) is 0.492. The van der Waals surface area contributed by atoms with Crippen LogP contribution in [-0.2, 0) is 11.3 Å². The Kier molecular flexibility index (Phi) is 8.48. The molecule has 1 aromatic rings. The van der Waals surface area contributed by atoms with Crippen LogP contribution >= 0.6 is 0 Å². The second-order valence-corrected chi connectivity index (χ2v) is 3.97. The fourth-order valence-corrected chi connectivity index (χ4v) is 1.60. The third-order valence-corrected chi connectivity index (χ3v) is 2.48. The van der Waals surface area contributed by atoms with E-state index in [-0.39, 0.29) is 13.2 Å². The van der Waals surface area contributed by atoms with Gasteiger partial charge in [-0.2, -0.15) is 0 Å². The van der Waals surface area contributed by atoms with Crippen molar-refractivity contribution in [3.05, 3.63) is 29.8 Å². The second-order valence-electron chi connectivity index (χ2n) is 3.97. The Labute approximate surface area is 114 Å². The molecule has 0 aromatic heterocycles. The zero-order valence-electron chi connectivity index (χ0n) is 11.1. The number of hydrogen-bond acceptors (Lipinski definition) is 4. The molecule has 0 spiro atoms. The van der Waals surface area contributed by atoms with Gasteiger partial charge < -0.3 is 19.9 Å². The van der Waals surface area contributed by atoms with Crippen LogP contribution in [0.5, 0.6) is 5.75 Å². The number of para-hydroxylation sites is 1. The lowest BCUT2D eigenvalue weighted by molar-refractivity contribution is 0.0907. The van der Waals surface area contributed by atoms with E-state index in [4.69, 9.17) is 21.0 Å². The van der Waals surface area contributed by atoms with Crippen molar-refractivity contribution < 1.29 is 14.6 Å². The number of benzene rings is 1. The monoisotopic (exact) mass is 263 g/mol. The van der Waals surface area contributed by atoms with E-state index in [1.165, 1.54) is 0 Å². The van der Waals surface area contributed by atoms with Crippen molar-refractivity contribution in [1.82, 2.24) is 5.32 Å². The largest absolute Gasteiger partial charge is 0.481 e. The molecule has 0 heterocycles. The molecule has 1 aromatic carbocycles. The van der Waals surface area contributed by atoms with Crippen molar-refractivity contribution in [3.63, 3.8) is 0 Å². The molecule has 0 radical (unpaired) electrons. The average Bonchev–Trinajstić information content (AvgIpc) is 2.45. The average molecular weight is 263 g/mol. The van der Waals surface area contributed by atoms with Crippen molar-refractivity contribution in [1.29, 1.82) is 0 Å². The highest BCUT2D eigenvalue weighted by Gasteiger charge is 2.01. The number of terminal acetylenes is 1. The highest BCUT2D eigenvalue weighted by atomic mass is 16.5. The molecule has 19 heavy (non-hydrogen) atoms. The first-order valence-electron chi connectivity index (χ1n) is 6.42. The summed E-state index contributed by atoms with van der Waals surface area (Å²) in [5.41, 5.74) is 1.09. The van der Waals surface area contributed by atoms with E-state index in [0.717, 1.165) is 30.8 Å². The maximum atomic E-state index is 8.55. The van der Waals surface area contributed by atoms with Gasteiger partial charge in [-0.05, 0) is 19.0 Å². The molecule has 0 fully saturated rings. The Hall–Kier alpha value is -1.54. The first kappa shape index (κ1) is 15.5. The molecule has 0 unspecified atom stereocenters. The summed E-state index contributed by atoms with van der Waals surface area (Å²) in [5, 5.41) is 11.9. The summed E-state index contributed by atoms with van der Waals surface area (Å²) in [6.45, 7) is 3.01. The molecule has 2 N–H and O–H groups in total. The number of aliphatic hydroxyl groups is 1. The fourth-order valence-electron chi connectivity index (χ4n) is 1.60. The summed E-state index contributed by atoms with van der Waals surface area (Å²) in [7, 11) is 0. The normalized spacial score (nSPS) is 10.1. The maximum absolute atomic E-state index is 8.55. The number of rotatable bonds is 10. The van der Waals surface area contributed by atoms with E-state index in [2.05, 4.69) is 11.2 Å². The topological polar surface area (TPSA) is 50.7 Å². The maximum Gasteiger partial charge on any atom is 0.148 e. The molecule has 4 nitrogen and oxygen atoms in total. The van der Waals surface area contributed by atoms with Gasteiger partial charge in [-0.15, -0.1) is 6.42 Å². The predicted octanol–water partition coefficient (Wildman–Crippen LogP) is 1.19. The van der Waals surface area contributed by atoms with Crippen LogP contribution in [0.3, 0.4) is 0 Å². The number of nitrogens with one attached hydrogen (secondary N) is 1. The van der Waals surface area contributed by atoms with E-state index < -0.39 is 0 Å². The SMILES string of the molecule is C#CCOc1ccccc1CNCCCOCCO. The Morgan fingerprint density at radius 3 is 2.89 bits per heavy atom. The van der Waals surface area contributed by atoms with E-state index in [9.17, 15) is 0 Å². The molecule has 0 aliphatic carbocycles. The minimum atomic E-state index is 0.0767. The van der Waals surface area contributed by atoms with Gasteiger partial charge in [-0.1, -0.05) is 24.1 Å². The van der Waals surface area contributed by atoms with Crippen LogP contribution in [-0.4, -0.2) is 38.1 Å². The summed E-state index contributed by atoms with van der Waals surface area (Å²) >= 11 is 0. The number of aliphatic hydroxyl groups excluding tert-OH is 1. The minimum absolute atomic E-state index is 0.0767. The first-order valence-corrected chi connectivity index (χ1v) is 6.42. The van der Waals surface area contributed by atoms with Gasteiger partial charge in [0.15, 0.2) is 0 Å². The van der Waals surface area contributed by atoms with Crippen LogP contribution in [0.2, 0.25) is 0 Å². The molecule has 0 amide bonds. The Morgan fingerprint density at radius 2 is 2.11 bits per heavy atom. The molecule has 4 heteroatoms. The van der Waals surface area contributed by atoms with E-state index in [1.54, 1.807) is 0 Å². The van der Waals surface area contributed by atoms with Crippen LogP contribution in [0.25, 0.3) is 0 Å². The summed E-state index contributed by atoms with van der Waals surface area (Å²) in [6, 6.07) is 7.84. The molecule has 1 rings (SSSR count). The zero-order chi connectivity index (χ0) is 13.8. The highest BCUT2D eigenvalue weighted by Crippen LogP contribution is 2.17. The molecule has 0 bridgehead atoms. The van der Waals surface area contributed by atoms with Crippen LogP contribution in [0.15, 0.2) is 24.3 Å². The van der Waals surface area contributed by atoms with E-state index >= 15 is 0 Å². The van der Waals surface area contributed by atoms with Crippen LogP contribution in [0, 0.1) is 12.3 Å². The van der Waals surface area contributed by atoms with Gasteiger partial charge in [0, 0.05) is 18.7 Å². The summed E-state index contributed by atoms with van der Waals surface area (Å²) in [6.07, 6.45) is 6.09. The Balaban J connectivity index is 2.23. The third kappa shape index (κ3) is 6.82. The van der Waals surface area contributed by atoms with Crippen molar-refractivity contribution in [2.24, 2.45) is 0 Å². The van der Waals surface area contributed by atoms with Gasteiger partial charge in [0.2, 0.25) is 0 Å². The summed E-state index contributed by atoms with van der Waals surface area (Å²) in [5.74, 6) is 3.28. The summed E-state index contributed by atoms with van der Waals surface area (Å²) in [4.78, 5) is 0. The third-order valence-electron chi connectivity index (χ3n) is 2.48. The molecule has 0 aliphatic heterocycles. The molecule has 0 aliphatic rings. The fraction of sp³-hybridized carbons (Fsp3) is 0.467. The lowest BCUT2D eigenvalue weighted by Crippen LogP contribution is -2.17. The molecule has 0 saturated heterocycles. The van der Waals surface area contributed by atoms with Gasteiger partial charge >= 0.3 is 0 Å². The smallest absolute Gasteiger partial charge is 0.148 e. The number of ether oxygens (including phenoxy) is 2. The van der Waals surface area contributed by atoms with Crippen molar-refractivity contribution in [2.75, 3.05) is 33.0 Å². The molecule has 0 saturated carbocycles. The van der Waals surface area contributed by atoms with Gasteiger partial charge in [0.1, 0.15) is 12.4 Å². The predicted molar refractivity (Wildman–Crippen MR) is 75.0 cm³/mol. The molecule has 104 valence electrons. The minimum Gasteiger partial charge on any atom is -0.481 e. The molecule has 0 atom stereocenters. The van der Waals surface area contributed by atoms with Crippen LogP contribution in [0.4, 0.5) is 0 Å².